The van der Waals surface area contributed by atoms with Gasteiger partial charge >= 0.3 is 5.97 Å². The molecular weight excluding hydrogens is 441 g/mol. The maximum Gasteiger partial charge on any atom is 0.341 e. The molecule has 0 saturated carbocycles. The Morgan fingerprint density at radius 2 is 1.94 bits per heavy atom. The van der Waals surface area contributed by atoms with Crippen LogP contribution < -0.4 is 5.32 Å². The van der Waals surface area contributed by atoms with Crippen LogP contribution in [0.5, 0.6) is 0 Å². The van der Waals surface area contributed by atoms with Gasteiger partial charge < -0.3 is 10.1 Å². The molecule has 1 aliphatic rings. The van der Waals surface area contributed by atoms with Gasteiger partial charge in [0.2, 0.25) is 0 Å². The van der Waals surface area contributed by atoms with Gasteiger partial charge in [-0.2, -0.15) is 5.10 Å². The molecule has 1 aromatic carbocycles. The number of esters is 1. The summed E-state index contributed by atoms with van der Waals surface area (Å²) in [6.07, 6.45) is 3.74. The summed E-state index contributed by atoms with van der Waals surface area (Å²) in [6, 6.07) is 6.00. The maximum absolute atomic E-state index is 13.2. The third kappa shape index (κ3) is 4.22. The van der Waals surface area contributed by atoms with Gasteiger partial charge in [-0.05, 0) is 55.9 Å². The van der Waals surface area contributed by atoms with Crippen molar-refractivity contribution in [3.8, 4) is 0 Å². The van der Waals surface area contributed by atoms with Gasteiger partial charge in [-0.1, -0.05) is 23.7 Å². The lowest BCUT2D eigenvalue weighted by Crippen LogP contribution is -2.16. The SMILES string of the molecule is COC(=O)c1c(NC(=O)c2c(C)nn(Cc3ccc(F)cc3)c2Cl)sc2c1CCCC2. The molecule has 1 aliphatic carbocycles. The van der Waals surface area contributed by atoms with Gasteiger partial charge in [0.25, 0.3) is 5.91 Å². The van der Waals surface area contributed by atoms with E-state index < -0.39 is 11.9 Å². The number of halogens is 2. The second-order valence-corrected chi connectivity index (χ2v) is 8.86. The van der Waals surface area contributed by atoms with E-state index in [9.17, 15) is 14.0 Å². The molecule has 31 heavy (non-hydrogen) atoms. The zero-order valence-electron chi connectivity index (χ0n) is 17.1. The average molecular weight is 462 g/mol. The highest BCUT2D eigenvalue weighted by Gasteiger charge is 2.28. The number of aromatic nitrogens is 2. The summed E-state index contributed by atoms with van der Waals surface area (Å²) in [6.45, 7) is 2.00. The van der Waals surface area contributed by atoms with Gasteiger partial charge in [-0.15, -0.1) is 11.3 Å². The lowest BCUT2D eigenvalue weighted by atomic mass is 9.95. The van der Waals surface area contributed by atoms with Crippen LogP contribution in [0, 0.1) is 12.7 Å². The van der Waals surface area contributed by atoms with Crippen molar-refractivity contribution in [2.75, 3.05) is 12.4 Å². The van der Waals surface area contributed by atoms with E-state index in [1.807, 2.05) is 0 Å². The number of ether oxygens (including phenoxy) is 1. The summed E-state index contributed by atoms with van der Waals surface area (Å²) in [5.41, 5.74) is 2.91. The smallest absolute Gasteiger partial charge is 0.341 e. The Kier molecular flexibility index (Phi) is 6.11. The van der Waals surface area contributed by atoms with Crippen molar-refractivity contribution >= 4 is 39.8 Å². The highest BCUT2D eigenvalue weighted by atomic mass is 35.5. The van der Waals surface area contributed by atoms with Crippen LogP contribution in [0.2, 0.25) is 5.15 Å². The second kappa shape index (κ2) is 8.80. The number of benzene rings is 1. The minimum atomic E-state index is -0.454. The first-order chi connectivity index (χ1) is 14.9. The number of amides is 1. The third-order valence-electron chi connectivity index (χ3n) is 5.33. The molecule has 0 bridgehead atoms. The molecule has 0 unspecified atom stereocenters. The molecule has 0 spiro atoms. The molecule has 1 amide bonds. The predicted molar refractivity (Wildman–Crippen MR) is 118 cm³/mol. The zero-order chi connectivity index (χ0) is 22.1. The van der Waals surface area contributed by atoms with Crippen LogP contribution in [0.25, 0.3) is 0 Å². The first kappa shape index (κ1) is 21.5. The number of nitrogens with zero attached hydrogens (tertiary/aromatic N) is 2. The predicted octanol–water partition coefficient (Wildman–Crippen LogP) is 5.01. The molecule has 0 atom stereocenters. The van der Waals surface area contributed by atoms with Crippen LogP contribution in [0.1, 0.15) is 55.3 Å². The summed E-state index contributed by atoms with van der Waals surface area (Å²) in [5.74, 6) is -1.22. The fraction of sp³-hybridized carbons (Fsp3) is 0.318. The van der Waals surface area contributed by atoms with Crippen LogP contribution >= 0.6 is 22.9 Å². The summed E-state index contributed by atoms with van der Waals surface area (Å²) in [4.78, 5) is 26.6. The van der Waals surface area contributed by atoms with E-state index in [-0.39, 0.29) is 16.5 Å². The third-order valence-corrected chi connectivity index (χ3v) is 6.92. The van der Waals surface area contributed by atoms with Crippen molar-refractivity contribution < 1.29 is 18.7 Å². The van der Waals surface area contributed by atoms with E-state index in [2.05, 4.69) is 10.4 Å². The molecule has 6 nitrogen and oxygen atoms in total. The lowest BCUT2D eigenvalue weighted by molar-refractivity contribution is 0.0601. The Hall–Kier alpha value is -2.71. The molecule has 0 saturated heterocycles. The number of rotatable bonds is 5. The van der Waals surface area contributed by atoms with Crippen molar-refractivity contribution in [3.63, 3.8) is 0 Å². The first-order valence-corrected chi connectivity index (χ1v) is 11.1. The van der Waals surface area contributed by atoms with Crippen LogP contribution in [0.15, 0.2) is 24.3 Å². The molecular formula is C22H21ClFN3O3S. The fourth-order valence-corrected chi connectivity index (χ4v) is 5.41. The van der Waals surface area contributed by atoms with Crippen molar-refractivity contribution in [1.82, 2.24) is 9.78 Å². The zero-order valence-corrected chi connectivity index (χ0v) is 18.7. The van der Waals surface area contributed by atoms with Crippen LogP contribution in [-0.4, -0.2) is 28.8 Å². The van der Waals surface area contributed by atoms with Crippen LogP contribution in [0.3, 0.4) is 0 Å². The average Bonchev–Trinajstić information content (AvgIpc) is 3.25. The van der Waals surface area contributed by atoms with E-state index in [0.29, 0.717) is 22.8 Å². The molecule has 162 valence electrons. The number of nitrogens with one attached hydrogen (secondary N) is 1. The summed E-state index contributed by atoms with van der Waals surface area (Å²) < 4.78 is 19.6. The van der Waals surface area contributed by atoms with Gasteiger partial charge in [-0.3, -0.25) is 4.79 Å². The number of fused-ring (bicyclic) bond motifs is 1. The van der Waals surface area contributed by atoms with Gasteiger partial charge in [0, 0.05) is 4.88 Å². The number of anilines is 1. The second-order valence-electron chi connectivity index (χ2n) is 7.40. The molecule has 9 heteroatoms. The minimum Gasteiger partial charge on any atom is -0.465 e. The number of methoxy groups -OCH3 is 1. The molecule has 4 rings (SSSR count). The van der Waals surface area contributed by atoms with Crippen molar-refractivity contribution in [1.29, 1.82) is 0 Å². The fourth-order valence-electron chi connectivity index (χ4n) is 3.82. The quantitative estimate of drug-likeness (QED) is 0.542. The number of thiophene rings is 1. The van der Waals surface area contributed by atoms with E-state index in [4.69, 9.17) is 16.3 Å². The molecule has 0 fully saturated rings. The van der Waals surface area contributed by atoms with E-state index >= 15 is 0 Å². The molecule has 2 aromatic heterocycles. The van der Waals surface area contributed by atoms with Gasteiger partial charge in [0.1, 0.15) is 16.0 Å². The highest BCUT2D eigenvalue weighted by Crippen LogP contribution is 2.39. The summed E-state index contributed by atoms with van der Waals surface area (Å²) in [7, 11) is 1.33. The largest absolute Gasteiger partial charge is 0.465 e. The minimum absolute atomic E-state index is 0.181. The molecule has 0 radical (unpaired) electrons. The van der Waals surface area contributed by atoms with E-state index in [1.165, 1.54) is 35.3 Å². The molecule has 3 aromatic rings. The van der Waals surface area contributed by atoms with Crippen LogP contribution in [-0.2, 0) is 24.1 Å². The van der Waals surface area contributed by atoms with Crippen LogP contribution in [0.4, 0.5) is 9.39 Å². The Bertz CT molecular complexity index is 1150. The Labute approximate surface area is 188 Å². The molecule has 0 aliphatic heterocycles. The number of hydrogen-bond donors (Lipinski definition) is 1. The summed E-state index contributed by atoms with van der Waals surface area (Å²) in [5, 5.41) is 7.89. The van der Waals surface area contributed by atoms with Crippen molar-refractivity contribution in [3.05, 3.63) is 68.1 Å². The maximum atomic E-state index is 13.2. The number of hydrogen-bond acceptors (Lipinski definition) is 5. The summed E-state index contributed by atoms with van der Waals surface area (Å²) >= 11 is 7.89. The van der Waals surface area contributed by atoms with Gasteiger partial charge in [0.05, 0.1) is 30.5 Å². The Morgan fingerprint density at radius 3 is 2.65 bits per heavy atom. The number of aryl methyl sites for hydroxylation is 2. The monoisotopic (exact) mass is 461 g/mol. The standard InChI is InChI=1S/C22H21ClFN3O3S/c1-12-17(19(23)27(26-12)11-13-7-9-14(24)10-8-13)20(28)25-21-18(22(29)30-2)15-5-3-4-6-16(15)31-21/h7-10H,3-6,11H2,1-2H3,(H,25,28). The normalized spacial score (nSPS) is 13.0. The first-order valence-electron chi connectivity index (χ1n) is 9.90. The van der Waals surface area contributed by atoms with Gasteiger partial charge in [0.15, 0.2) is 0 Å². The Morgan fingerprint density at radius 1 is 1.23 bits per heavy atom. The van der Waals surface area contributed by atoms with E-state index in [0.717, 1.165) is 41.7 Å². The number of carbonyl (C=O) groups is 2. The van der Waals surface area contributed by atoms with Gasteiger partial charge in [-0.25, -0.2) is 13.9 Å². The Balaban J connectivity index is 1.62. The van der Waals surface area contributed by atoms with Crippen molar-refractivity contribution in [2.24, 2.45) is 0 Å². The molecule has 2 heterocycles. The number of carbonyl (C=O) groups excluding carboxylic acids is 2. The van der Waals surface area contributed by atoms with E-state index in [1.54, 1.807) is 19.1 Å². The molecule has 1 N–H and O–H groups in total. The lowest BCUT2D eigenvalue weighted by Gasteiger charge is -2.11. The topological polar surface area (TPSA) is 73.2 Å². The highest BCUT2D eigenvalue weighted by molar-refractivity contribution is 7.17. The van der Waals surface area contributed by atoms with Crippen molar-refractivity contribution in [2.45, 2.75) is 39.2 Å².